The van der Waals surface area contributed by atoms with Gasteiger partial charge in [-0.3, -0.25) is 0 Å². The zero-order chi connectivity index (χ0) is 19.7. The molecule has 0 aliphatic heterocycles. The van der Waals surface area contributed by atoms with Crippen molar-refractivity contribution in [2.75, 3.05) is 0 Å². The van der Waals surface area contributed by atoms with E-state index in [9.17, 15) is 9.90 Å². The lowest BCUT2D eigenvalue weighted by molar-refractivity contribution is 0.0700. The standard InChI is InChI=1S/C23H18ClNO3/c1-15-11-17(24)12-18(22(15)28-14-16-7-3-2-4-8-16)19-13-25-10-6-5-9-20(25)21(19)23(26)27/h2-13H,14H2,1H3,(H,26,27). The molecule has 28 heavy (non-hydrogen) atoms. The van der Waals surface area contributed by atoms with E-state index in [4.69, 9.17) is 16.3 Å². The second-order valence-corrected chi connectivity index (χ2v) is 7.03. The molecule has 0 aliphatic rings. The van der Waals surface area contributed by atoms with Crippen molar-refractivity contribution < 1.29 is 14.6 Å². The number of pyridine rings is 1. The highest BCUT2D eigenvalue weighted by Crippen LogP contribution is 2.39. The largest absolute Gasteiger partial charge is 0.488 e. The first-order valence-corrected chi connectivity index (χ1v) is 9.22. The van der Waals surface area contributed by atoms with Crippen LogP contribution in [0.25, 0.3) is 16.6 Å². The minimum absolute atomic E-state index is 0.229. The van der Waals surface area contributed by atoms with Crippen LogP contribution in [0.5, 0.6) is 5.75 Å². The van der Waals surface area contributed by atoms with Crippen molar-refractivity contribution >= 4 is 23.1 Å². The zero-order valence-electron chi connectivity index (χ0n) is 15.2. The number of aromatic nitrogens is 1. The van der Waals surface area contributed by atoms with Gasteiger partial charge in [-0.05, 0) is 42.3 Å². The number of hydrogen-bond donors (Lipinski definition) is 1. The van der Waals surface area contributed by atoms with Crippen LogP contribution < -0.4 is 4.74 Å². The molecular formula is C23H18ClNO3. The number of hydrogen-bond acceptors (Lipinski definition) is 2. The molecule has 0 unspecified atom stereocenters. The minimum atomic E-state index is -0.990. The summed E-state index contributed by atoms with van der Waals surface area (Å²) in [5.74, 6) is -0.359. The van der Waals surface area contributed by atoms with Gasteiger partial charge in [-0.25, -0.2) is 4.79 Å². The lowest BCUT2D eigenvalue weighted by atomic mass is 10.00. The number of carboxylic acids is 1. The van der Waals surface area contributed by atoms with Crippen LogP contribution in [-0.4, -0.2) is 15.5 Å². The Morgan fingerprint density at radius 2 is 1.82 bits per heavy atom. The third-order valence-corrected chi connectivity index (χ3v) is 4.87. The van der Waals surface area contributed by atoms with Gasteiger partial charge in [-0.2, -0.15) is 0 Å². The van der Waals surface area contributed by atoms with Crippen molar-refractivity contribution in [2.45, 2.75) is 13.5 Å². The Kier molecular flexibility index (Phi) is 4.80. The van der Waals surface area contributed by atoms with Gasteiger partial charge in [0.1, 0.15) is 12.4 Å². The molecule has 2 aromatic heterocycles. The van der Waals surface area contributed by atoms with Crippen LogP contribution in [0.15, 0.2) is 73.1 Å². The van der Waals surface area contributed by atoms with E-state index in [0.717, 1.165) is 11.1 Å². The molecule has 140 valence electrons. The van der Waals surface area contributed by atoms with Crippen molar-refractivity contribution in [3.8, 4) is 16.9 Å². The SMILES string of the molecule is Cc1cc(Cl)cc(-c2cn3ccccc3c2C(=O)O)c1OCc1ccccc1. The molecule has 4 rings (SSSR count). The molecule has 4 nitrogen and oxygen atoms in total. The summed E-state index contributed by atoms with van der Waals surface area (Å²) in [5, 5.41) is 10.4. The van der Waals surface area contributed by atoms with Crippen LogP contribution >= 0.6 is 11.6 Å². The first-order chi connectivity index (χ1) is 13.5. The molecule has 2 aromatic carbocycles. The molecular weight excluding hydrogens is 374 g/mol. The number of carbonyl (C=O) groups is 1. The second kappa shape index (κ2) is 7.41. The van der Waals surface area contributed by atoms with E-state index in [1.807, 2.05) is 61.7 Å². The maximum absolute atomic E-state index is 12.0. The van der Waals surface area contributed by atoms with E-state index in [1.165, 1.54) is 0 Å². The van der Waals surface area contributed by atoms with Crippen LogP contribution in [0.3, 0.4) is 0 Å². The van der Waals surface area contributed by atoms with Crippen LogP contribution in [0.4, 0.5) is 0 Å². The molecule has 0 atom stereocenters. The first-order valence-electron chi connectivity index (χ1n) is 8.85. The highest BCUT2D eigenvalue weighted by Gasteiger charge is 2.22. The summed E-state index contributed by atoms with van der Waals surface area (Å²) in [5.41, 5.74) is 3.98. The van der Waals surface area contributed by atoms with Crippen LogP contribution in [0.1, 0.15) is 21.5 Å². The first kappa shape index (κ1) is 18.1. The lowest BCUT2D eigenvalue weighted by Gasteiger charge is -2.15. The van der Waals surface area contributed by atoms with Crippen LogP contribution in [0.2, 0.25) is 5.02 Å². The van der Waals surface area contributed by atoms with Gasteiger partial charge in [0.25, 0.3) is 0 Å². The van der Waals surface area contributed by atoms with Gasteiger partial charge in [0.2, 0.25) is 0 Å². The van der Waals surface area contributed by atoms with E-state index in [2.05, 4.69) is 0 Å². The summed E-state index contributed by atoms with van der Waals surface area (Å²) < 4.78 is 7.93. The summed E-state index contributed by atoms with van der Waals surface area (Å²) in [6.07, 6.45) is 3.63. The van der Waals surface area contributed by atoms with Crippen molar-refractivity contribution in [3.63, 3.8) is 0 Å². The number of benzene rings is 2. The minimum Gasteiger partial charge on any atom is -0.488 e. The molecule has 0 saturated heterocycles. The predicted molar refractivity (Wildman–Crippen MR) is 110 cm³/mol. The average Bonchev–Trinajstić information content (AvgIpc) is 3.07. The van der Waals surface area contributed by atoms with E-state index >= 15 is 0 Å². The Hall–Kier alpha value is -3.24. The second-order valence-electron chi connectivity index (χ2n) is 6.59. The predicted octanol–water partition coefficient (Wildman–Crippen LogP) is 5.85. The third kappa shape index (κ3) is 3.35. The average molecular weight is 392 g/mol. The van der Waals surface area contributed by atoms with Crippen molar-refractivity contribution in [1.82, 2.24) is 4.40 Å². The van der Waals surface area contributed by atoms with Crippen molar-refractivity contribution in [2.24, 2.45) is 0 Å². The number of ether oxygens (including phenoxy) is 1. The third-order valence-electron chi connectivity index (χ3n) is 4.65. The molecule has 0 amide bonds. The Morgan fingerprint density at radius 3 is 2.57 bits per heavy atom. The molecule has 0 aliphatic carbocycles. The number of aryl methyl sites for hydroxylation is 1. The van der Waals surface area contributed by atoms with Gasteiger partial charge < -0.3 is 14.2 Å². The number of aromatic carboxylic acids is 1. The van der Waals surface area contributed by atoms with Crippen molar-refractivity contribution in [1.29, 1.82) is 0 Å². The molecule has 2 heterocycles. The maximum atomic E-state index is 12.0. The number of rotatable bonds is 5. The van der Waals surface area contributed by atoms with Gasteiger partial charge in [-0.15, -0.1) is 0 Å². The Bertz CT molecular complexity index is 1170. The van der Waals surface area contributed by atoms with E-state index in [0.29, 0.717) is 34.0 Å². The van der Waals surface area contributed by atoms with E-state index in [-0.39, 0.29) is 5.56 Å². The smallest absolute Gasteiger partial charge is 0.338 e. The van der Waals surface area contributed by atoms with Gasteiger partial charge in [0, 0.05) is 28.5 Å². The quantitative estimate of drug-likeness (QED) is 0.464. The molecule has 1 N–H and O–H groups in total. The Labute approximate surface area is 167 Å². The number of nitrogens with zero attached hydrogens (tertiary/aromatic N) is 1. The molecule has 4 aromatic rings. The molecule has 5 heteroatoms. The van der Waals surface area contributed by atoms with Crippen molar-refractivity contribution in [3.05, 3.63) is 94.8 Å². The molecule has 0 spiro atoms. The molecule has 0 radical (unpaired) electrons. The fourth-order valence-corrected chi connectivity index (χ4v) is 3.68. The van der Waals surface area contributed by atoms with Gasteiger partial charge in [0.15, 0.2) is 0 Å². The highest BCUT2D eigenvalue weighted by molar-refractivity contribution is 6.31. The van der Waals surface area contributed by atoms with E-state index < -0.39 is 5.97 Å². The summed E-state index contributed by atoms with van der Waals surface area (Å²) >= 11 is 6.31. The normalized spacial score (nSPS) is 10.9. The number of halogens is 1. The summed E-state index contributed by atoms with van der Waals surface area (Å²) in [6.45, 7) is 2.29. The monoisotopic (exact) mass is 391 g/mol. The Morgan fingerprint density at radius 1 is 1.07 bits per heavy atom. The molecule has 0 saturated carbocycles. The summed E-state index contributed by atoms with van der Waals surface area (Å²) in [4.78, 5) is 12.0. The topological polar surface area (TPSA) is 50.9 Å². The fraction of sp³-hybridized carbons (Fsp3) is 0.0870. The van der Waals surface area contributed by atoms with E-state index in [1.54, 1.807) is 22.7 Å². The molecule has 0 bridgehead atoms. The highest BCUT2D eigenvalue weighted by atomic mass is 35.5. The van der Waals surface area contributed by atoms with Gasteiger partial charge >= 0.3 is 5.97 Å². The van der Waals surface area contributed by atoms with Gasteiger partial charge in [-0.1, -0.05) is 48.0 Å². The fourth-order valence-electron chi connectivity index (χ4n) is 3.40. The zero-order valence-corrected chi connectivity index (χ0v) is 16.0. The number of fused-ring (bicyclic) bond motifs is 1. The van der Waals surface area contributed by atoms with Gasteiger partial charge in [0.05, 0.1) is 11.1 Å². The van der Waals surface area contributed by atoms with Crippen LogP contribution in [-0.2, 0) is 6.61 Å². The molecule has 0 fully saturated rings. The number of carboxylic acid groups (broad SMARTS) is 1. The summed E-state index contributed by atoms with van der Waals surface area (Å²) in [7, 11) is 0. The van der Waals surface area contributed by atoms with Crippen LogP contribution in [0, 0.1) is 6.92 Å². The Balaban J connectivity index is 1.87. The lowest BCUT2D eigenvalue weighted by Crippen LogP contribution is -2.02. The summed E-state index contributed by atoms with van der Waals surface area (Å²) in [6, 6.07) is 18.9. The maximum Gasteiger partial charge on any atom is 0.338 e.